The van der Waals surface area contributed by atoms with E-state index >= 15 is 0 Å². The van der Waals surface area contributed by atoms with Crippen molar-refractivity contribution in [3.05, 3.63) is 81.7 Å². The van der Waals surface area contributed by atoms with E-state index in [0.717, 1.165) is 53.9 Å². The Balaban J connectivity index is 1.24. The maximum atomic E-state index is 13.9. The molecule has 0 fully saturated rings. The predicted octanol–water partition coefficient (Wildman–Crippen LogP) is 6.92. The van der Waals surface area contributed by atoms with Crippen molar-refractivity contribution >= 4 is 31.4 Å². The third-order valence-corrected chi connectivity index (χ3v) is 14.7. The van der Waals surface area contributed by atoms with Crippen molar-refractivity contribution in [1.29, 1.82) is 0 Å². The SMILES string of the molecule is CCc1c(-c2cc(Nc3ccn(CCO[Si](C)(C)C(C)(C)C)n3)c(=O)n(C)c2)cccc1N1CCn2c(cc3c2CCCC3)C1=O. The summed E-state index contributed by atoms with van der Waals surface area (Å²) in [6.07, 6.45) is 9.05. The molecule has 244 valence electrons. The average molecular weight is 641 g/mol. The number of nitrogens with zero attached hydrogens (tertiary/aromatic N) is 5. The smallest absolute Gasteiger partial charge is 0.274 e. The molecule has 6 rings (SSSR count). The summed E-state index contributed by atoms with van der Waals surface area (Å²) in [5.41, 5.74) is 7.79. The number of fused-ring (bicyclic) bond motifs is 3. The third kappa shape index (κ3) is 6.00. The van der Waals surface area contributed by atoms with Gasteiger partial charge in [-0.15, -0.1) is 0 Å². The highest BCUT2D eigenvalue weighted by Gasteiger charge is 2.37. The van der Waals surface area contributed by atoms with Gasteiger partial charge in [-0.25, -0.2) is 0 Å². The van der Waals surface area contributed by atoms with Crippen molar-refractivity contribution in [2.24, 2.45) is 7.05 Å². The van der Waals surface area contributed by atoms with Crippen molar-refractivity contribution in [2.75, 3.05) is 23.4 Å². The second-order valence-electron chi connectivity index (χ2n) is 14.2. The van der Waals surface area contributed by atoms with E-state index in [2.05, 4.69) is 74.0 Å². The Morgan fingerprint density at radius 3 is 2.59 bits per heavy atom. The van der Waals surface area contributed by atoms with E-state index < -0.39 is 8.32 Å². The van der Waals surface area contributed by atoms with Gasteiger partial charge in [-0.1, -0.05) is 39.8 Å². The summed E-state index contributed by atoms with van der Waals surface area (Å²) in [6, 6.07) is 12.1. The lowest BCUT2D eigenvalue weighted by molar-refractivity contribution is 0.0964. The lowest BCUT2D eigenvalue weighted by Gasteiger charge is -2.36. The number of benzene rings is 1. The van der Waals surface area contributed by atoms with Crippen molar-refractivity contribution in [2.45, 2.75) is 91.0 Å². The van der Waals surface area contributed by atoms with Gasteiger partial charge < -0.3 is 23.8 Å². The minimum atomic E-state index is -1.83. The monoisotopic (exact) mass is 640 g/mol. The standard InChI is InChI=1S/C36H48N6O3Si/c1-8-27-28(13-11-15-31(27)42-19-18-41-30-14-10-9-12-25(30)23-32(41)35(42)44)26-22-29(34(43)39(5)24-26)37-33-16-17-40(38-33)20-21-45-46(6,7)36(2,3)4/h11,13,15-17,22-24H,8-10,12,14,18-21H2,1-7H3,(H,37,38). The van der Waals surface area contributed by atoms with Crippen LogP contribution in [-0.4, -0.2) is 46.3 Å². The molecule has 9 nitrogen and oxygen atoms in total. The molecule has 0 bridgehead atoms. The topological polar surface area (TPSA) is 86.3 Å². The zero-order valence-electron chi connectivity index (χ0n) is 28.4. The van der Waals surface area contributed by atoms with Gasteiger partial charge in [0.05, 0.1) is 13.2 Å². The van der Waals surface area contributed by atoms with E-state index in [0.29, 0.717) is 31.2 Å². The first-order chi connectivity index (χ1) is 21.9. The number of aryl methyl sites for hydroxylation is 2. The number of anilines is 3. The Morgan fingerprint density at radius 1 is 1.04 bits per heavy atom. The number of amides is 1. The van der Waals surface area contributed by atoms with Gasteiger partial charge in [0.15, 0.2) is 14.1 Å². The fourth-order valence-electron chi connectivity index (χ4n) is 6.59. The molecule has 0 atom stereocenters. The Bertz CT molecular complexity index is 1830. The highest BCUT2D eigenvalue weighted by atomic mass is 28.4. The summed E-state index contributed by atoms with van der Waals surface area (Å²) in [4.78, 5) is 29.1. The quantitative estimate of drug-likeness (QED) is 0.201. The second kappa shape index (κ2) is 12.4. The van der Waals surface area contributed by atoms with Crippen molar-refractivity contribution in [1.82, 2.24) is 18.9 Å². The van der Waals surface area contributed by atoms with Crippen LogP contribution in [0, 0.1) is 0 Å². The normalized spacial score (nSPS) is 15.2. The average Bonchev–Trinajstić information content (AvgIpc) is 3.63. The molecule has 3 aromatic heterocycles. The van der Waals surface area contributed by atoms with Gasteiger partial charge >= 0.3 is 0 Å². The highest BCUT2D eigenvalue weighted by Crippen LogP contribution is 2.37. The molecule has 46 heavy (non-hydrogen) atoms. The molecule has 0 unspecified atom stereocenters. The van der Waals surface area contributed by atoms with Crippen LogP contribution in [0.25, 0.3) is 11.1 Å². The number of hydrogen-bond acceptors (Lipinski definition) is 5. The van der Waals surface area contributed by atoms with E-state index in [9.17, 15) is 9.59 Å². The molecule has 1 aliphatic heterocycles. The van der Waals surface area contributed by atoms with E-state index in [4.69, 9.17) is 4.43 Å². The number of carbonyl (C=O) groups is 1. The van der Waals surface area contributed by atoms with Gasteiger partial charge in [-0.2, -0.15) is 5.10 Å². The van der Waals surface area contributed by atoms with Crippen LogP contribution in [0.5, 0.6) is 0 Å². The summed E-state index contributed by atoms with van der Waals surface area (Å²) < 4.78 is 12.0. The molecule has 0 radical (unpaired) electrons. The van der Waals surface area contributed by atoms with Crippen LogP contribution in [0.3, 0.4) is 0 Å². The molecule has 1 N–H and O–H groups in total. The Morgan fingerprint density at radius 2 is 1.83 bits per heavy atom. The first-order valence-electron chi connectivity index (χ1n) is 16.7. The first kappa shape index (κ1) is 32.1. The molecule has 2 aliphatic rings. The van der Waals surface area contributed by atoms with Gasteiger partial charge in [0.1, 0.15) is 11.4 Å². The predicted molar refractivity (Wildman–Crippen MR) is 188 cm³/mol. The van der Waals surface area contributed by atoms with E-state index in [1.165, 1.54) is 24.1 Å². The number of hydrogen-bond donors (Lipinski definition) is 1. The summed E-state index contributed by atoms with van der Waals surface area (Å²) >= 11 is 0. The summed E-state index contributed by atoms with van der Waals surface area (Å²) in [5, 5.41) is 8.09. The number of carbonyl (C=O) groups excluding carboxylic acids is 1. The number of aromatic nitrogens is 4. The van der Waals surface area contributed by atoms with Crippen LogP contribution >= 0.6 is 0 Å². The zero-order chi connectivity index (χ0) is 32.8. The fourth-order valence-corrected chi connectivity index (χ4v) is 7.62. The van der Waals surface area contributed by atoms with E-state index in [-0.39, 0.29) is 16.5 Å². The molecule has 4 aromatic rings. The lowest BCUT2D eigenvalue weighted by atomic mass is 9.96. The Kier molecular flexibility index (Phi) is 8.62. The molecular formula is C36H48N6O3Si. The number of rotatable bonds is 9. The highest BCUT2D eigenvalue weighted by molar-refractivity contribution is 6.74. The number of nitrogens with one attached hydrogen (secondary N) is 1. The Labute approximate surface area is 273 Å². The van der Waals surface area contributed by atoms with Crippen LogP contribution in [-0.2, 0) is 43.8 Å². The van der Waals surface area contributed by atoms with Crippen LogP contribution in [0.2, 0.25) is 18.1 Å². The van der Waals surface area contributed by atoms with Crippen LogP contribution in [0.4, 0.5) is 17.2 Å². The largest absolute Gasteiger partial charge is 0.415 e. The maximum Gasteiger partial charge on any atom is 0.274 e. The van der Waals surface area contributed by atoms with Crippen molar-refractivity contribution in [3.63, 3.8) is 0 Å². The number of pyridine rings is 1. The molecule has 1 aromatic carbocycles. The van der Waals surface area contributed by atoms with Crippen molar-refractivity contribution < 1.29 is 9.22 Å². The van der Waals surface area contributed by atoms with E-state index in [1.807, 2.05) is 40.2 Å². The minimum absolute atomic E-state index is 0.0700. The van der Waals surface area contributed by atoms with Gasteiger partial charge in [-0.3, -0.25) is 14.3 Å². The minimum Gasteiger partial charge on any atom is -0.415 e. The van der Waals surface area contributed by atoms with Crippen LogP contribution in [0.1, 0.15) is 67.8 Å². The maximum absolute atomic E-state index is 13.9. The Hall–Kier alpha value is -3.89. The lowest BCUT2D eigenvalue weighted by Crippen LogP contribution is -2.41. The first-order valence-corrected chi connectivity index (χ1v) is 19.6. The van der Waals surface area contributed by atoms with Gasteiger partial charge in [0.25, 0.3) is 11.5 Å². The fraction of sp³-hybridized carbons (Fsp3) is 0.472. The van der Waals surface area contributed by atoms with Gasteiger partial charge in [0, 0.05) is 55.5 Å². The zero-order valence-corrected chi connectivity index (χ0v) is 29.4. The summed E-state index contributed by atoms with van der Waals surface area (Å²) in [6.45, 7) is 16.0. The molecule has 0 spiro atoms. The second-order valence-corrected chi connectivity index (χ2v) is 19.0. The molecule has 1 aliphatic carbocycles. The molecule has 0 saturated carbocycles. The third-order valence-electron chi connectivity index (χ3n) is 10.2. The molecule has 1 amide bonds. The molecule has 0 saturated heterocycles. The van der Waals surface area contributed by atoms with Crippen molar-refractivity contribution in [3.8, 4) is 11.1 Å². The van der Waals surface area contributed by atoms with Crippen LogP contribution in [0.15, 0.2) is 53.6 Å². The van der Waals surface area contributed by atoms with E-state index in [1.54, 1.807) is 11.6 Å². The van der Waals surface area contributed by atoms with Gasteiger partial charge in [-0.05, 0) is 85.1 Å². The summed E-state index contributed by atoms with van der Waals surface area (Å²) in [5.74, 6) is 0.677. The summed E-state index contributed by atoms with van der Waals surface area (Å²) in [7, 11) is -0.0629. The van der Waals surface area contributed by atoms with Gasteiger partial charge in [0.2, 0.25) is 0 Å². The van der Waals surface area contributed by atoms with Crippen LogP contribution < -0.4 is 15.8 Å². The molecular weight excluding hydrogens is 593 g/mol. The molecule has 10 heteroatoms. The molecule has 4 heterocycles.